The fourth-order valence-electron chi connectivity index (χ4n) is 5.05. The fraction of sp³-hybridized carbons (Fsp3) is 0.400. The van der Waals surface area contributed by atoms with Crippen LogP contribution in [-0.2, 0) is 23.7 Å². The van der Waals surface area contributed by atoms with Gasteiger partial charge in [-0.15, -0.1) is 0 Å². The van der Waals surface area contributed by atoms with Gasteiger partial charge in [-0.05, 0) is 95.4 Å². The molecule has 2 aromatic carbocycles. The number of aromatic carboxylic acids is 1. The Bertz CT molecular complexity index is 1210. The summed E-state index contributed by atoms with van der Waals surface area (Å²) in [7, 11) is 0. The highest BCUT2D eigenvalue weighted by Crippen LogP contribution is 2.47. The van der Waals surface area contributed by atoms with E-state index in [1.807, 2.05) is 18.3 Å². The average Bonchev–Trinajstić information content (AvgIpc) is 3.20. The molecule has 0 saturated heterocycles. The molecular weight excluding hydrogens is 420 g/mol. The van der Waals surface area contributed by atoms with E-state index < -0.39 is 5.97 Å². The molecule has 34 heavy (non-hydrogen) atoms. The predicted molar refractivity (Wildman–Crippen MR) is 139 cm³/mol. The summed E-state index contributed by atoms with van der Waals surface area (Å²) in [5.74, 6) is -0.898. The minimum atomic E-state index is -0.898. The maximum atomic E-state index is 11.2. The number of rotatable bonds is 7. The minimum Gasteiger partial charge on any atom is -0.478 e. The first-order valence-corrected chi connectivity index (χ1v) is 12.2. The standard InChI is InChI=1S/C30H36N2O2/c1-20-19-31-32-27(20)8-6-7-23-17-25-26(30(4,5)16-15-29(25,2)3)18-24(23)14-11-21-9-12-22(13-10-21)28(33)34/h9-14,17-19H,6-8,15-16H2,1-5H3,(H,31,32)(H,33,34). The quantitative estimate of drug-likeness (QED) is 0.372. The Kier molecular flexibility index (Phi) is 6.53. The van der Waals surface area contributed by atoms with Gasteiger partial charge in [-0.3, -0.25) is 5.10 Å². The van der Waals surface area contributed by atoms with Crippen LogP contribution < -0.4 is 0 Å². The van der Waals surface area contributed by atoms with E-state index in [0.29, 0.717) is 5.56 Å². The number of benzene rings is 2. The molecule has 0 radical (unpaired) electrons. The molecule has 0 aliphatic heterocycles. The zero-order valence-corrected chi connectivity index (χ0v) is 21.0. The molecule has 0 unspecified atom stereocenters. The molecule has 0 amide bonds. The number of aromatic amines is 1. The van der Waals surface area contributed by atoms with Gasteiger partial charge in [0.1, 0.15) is 0 Å². The molecule has 4 nitrogen and oxygen atoms in total. The van der Waals surface area contributed by atoms with Crippen LogP contribution >= 0.6 is 0 Å². The summed E-state index contributed by atoms with van der Waals surface area (Å²) >= 11 is 0. The van der Waals surface area contributed by atoms with Gasteiger partial charge in [0.15, 0.2) is 0 Å². The highest BCUT2D eigenvalue weighted by Gasteiger charge is 2.37. The maximum Gasteiger partial charge on any atom is 0.335 e. The molecule has 0 saturated carbocycles. The number of aromatic nitrogens is 2. The summed E-state index contributed by atoms with van der Waals surface area (Å²) in [6.07, 6.45) is 11.6. The number of aryl methyl sites for hydroxylation is 3. The number of carboxylic acid groups (broad SMARTS) is 1. The molecule has 1 aliphatic rings. The van der Waals surface area contributed by atoms with Crippen LogP contribution in [0.2, 0.25) is 0 Å². The average molecular weight is 457 g/mol. The van der Waals surface area contributed by atoms with Crippen molar-refractivity contribution < 1.29 is 9.90 Å². The number of carbonyl (C=O) groups is 1. The monoisotopic (exact) mass is 456 g/mol. The predicted octanol–water partition coefficient (Wildman–Crippen LogP) is 7.11. The lowest BCUT2D eigenvalue weighted by molar-refractivity contribution is 0.0697. The summed E-state index contributed by atoms with van der Waals surface area (Å²) in [6, 6.07) is 11.9. The van der Waals surface area contributed by atoms with Gasteiger partial charge >= 0.3 is 5.97 Å². The second-order valence-corrected chi connectivity index (χ2v) is 11.0. The fourth-order valence-corrected chi connectivity index (χ4v) is 5.05. The van der Waals surface area contributed by atoms with Crippen molar-refractivity contribution in [2.45, 2.75) is 77.6 Å². The molecule has 0 fully saturated rings. The Balaban J connectivity index is 1.68. The maximum absolute atomic E-state index is 11.2. The van der Waals surface area contributed by atoms with Crippen LogP contribution in [0, 0.1) is 6.92 Å². The number of H-pyrrole nitrogens is 1. The topological polar surface area (TPSA) is 66.0 Å². The van der Waals surface area contributed by atoms with E-state index in [-0.39, 0.29) is 10.8 Å². The van der Waals surface area contributed by atoms with Crippen LogP contribution in [0.3, 0.4) is 0 Å². The molecule has 3 aromatic rings. The van der Waals surface area contributed by atoms with Crippen molar-refractivity contribution in [2.24, 2.45) is 0 Å². The third-order valence-electron chi connectivity index (χ3n) is 7.53. The second kappa shape index (κ2) is 9.25. The van der Waals surface area contributed by atoms with Gasteiger partial charge in [-0.1, -0.05) is 64.1 Å². The number of fused-ring (bicyclic) bond motifs is 1. The Morgan fingerprint density at radius 3 is 2.24 bits per heavy atom. The third kappa shape index (κ3) is 5.01. The number of nitrogens with one attached hydrogen (secondary N) is 1. The van der Waals surface area contributed by atoms with Crippen molar-refractivity contribution in [1.82, 2.24) is 10.2 Å². The Hall–Kier alpha value is -3.14. The smallest absolute Gasteiger partial charge is 0.335 e. The molecule has 0 atom stereocenters. The summed E-state index contributed by atoms with van der Waals surface area (Å²) in [5.41, 5.74) is 9.65. The first-order valence-electron chi connectivity index (χ1n) is 12.2. The molecule has 2 N–H and O–H groups in total. The molecule has 0 spiro atoms. The normalized spacial score (nSPS) is 16.5. The van der Waals surface area contributed by atoms with Crippen LogP contribution in [0.15, 0.2) is 42.6 Å². The second-order valence-electron chi connectivity index (χ2n) is 11.0. The summed E-state index contributed by atoms with van der Waals surface area (Å²) in [6.45, 7) is 11.6. The first kappa shape index (κ1) is 24.0. The Morgan fingerprint density at radius 1 is 1.00 bits per heavy atom. The third-order valence-corrected chi connectivity index (χ3v) is 7.53. The van der Waals surface area contributed by atoms with Gasteiger partial charge < -0.3 is 5.11 Å². The van der Waals surface area contributed by atoms with Crippen molar-refractivity contribution in [1.29, 1.82) is 0 Å². The van der Waals surface area contributed by atoms with E-state index >= 15 is 0 Å². The van der Waals surface area contributed by atoms with Gasteiger partial charge in [-0.2, -0.15) is 5.10 Å². The van der Waals surface area contributed by atoms with Crippen molar-refractivity contribution in [3.05, 3.63) is 87.2 Å². The Labute approximate surface area is 203 Å². The van der Waals surface area contributed by atoms with Crippen molar-refractivity contribution in [3.63, 3.8) is 0 Å². The van der Waals surface area contributed by atoms with E-state index in [2.05, 4.69) is 69.1 Å². The van der Waals surface area contributed by atoms with Crippen molar-refractivity contribution in [2.75, 3.05) is 0 Å². The summed E-state index contributed by atoms with van der Waals surface area (Å²) < 4.78 is 0. The van der Waals surface area contributed by atoms with E-state index in [4.69, 9.17) is 5.11 Å². The highest BCUT2D eigenvalue weighted by atomic mass is 16.4. The largest absolute Gasteiger partial charge is 0.478 e. The first-order chi connectivity index (χ1) is 16.1. The molecule has 1 aromatic heterocycles. The van der Waals surface area contributed by atoms with Crippen LogP contribution in [0.25, 0.3) is 12.2 Å². The lowest BCUT2D eigenvalue weighted by Gasteiger charge is -2.42. The molecule has 1 heterocycles. The molecule has 4 heteroatoms. The molecule has 4 rings (SSSR count). The number of hydrogen-bond donors (Lipinski definition) is 2. The lowest BCUT2D eigenvalue weighted by Crippen LogP contribution is -2.34. The Morgan fingerprint density at radius 2 is 1.65 bits per heavy atom. The zero-order valence-electron chi connectivity index (χ0n) is 21.0. The van der Waals surface area contributed by atoms with E-state index in [9.17, 15) is 4.79 Å². The van der Waals surface area contributed by atoms with Gasteiger partial charge in [-0.25, -0.2) is 4.79 Å². The van der Waals surface area contributed by atoms with E-state index in [1.54, 1.807) is 12.1 Å². The van der Waals surface area contributed by atoms with Crippen LogP contribution in [-0.4, -0.2) is 21.3 Å². The van der Waals surface area contributed by atoms with Crippen LogP contribution in [0.5, 0.6) is 0 Å². The van der Waals surface area contributed by atoms with Crippen LogP contribution in [0.1, 0.15) is 96.4 Å². The van der Waals surface area contributed by atoms with Crippen LogP contribution in [0.4, 0.5) is 0 Å². The van der Waals surface area contributed by atoms with Gasteiger partial charge in [0, 0.05) is 5.69 Å². The number of nitrogens with zero attached hydrogens (tertiary/aromatic N) is 1. The highest BCUT2D eigenvalue weighted by molar-refractivity contribution is 5.88. The number of hydrogen-bond acceptors (Lipinski definition) is 2. The van der Waals surface area contributed by atoms with E-state index in [1.165, 1.54) is 46.4 Å². The number of carboxylic acids is 1. The SMILES string of the molecule is Cc1cn[nH]c1CCCc1cc2c(cc1C=Cc1ccc(C(=O)O)cc1)C(C)(C)CCC2(C)C. The van der Waals surface area contributed by atoms with Crippen molar-refractivity contribution >= 4 is 18.1 Å². The molecular formula is C30H36N2O2. The zero-order chi connectivity index (χ0) is 24.5. The van der Waals surface area contributed by atoms with Gasteiger partial charge in [0.25, 0.3) is 0 Å². The summed E-state index contributed by atoms with van der Waals surface area (Å²) in [4.78, 5) is 11.2. The van der Waals surface area contributed by atoms with Gasteiger partial charge in [0.05, 0.1) is 11.8 Å². The van der Waals surface area contributed by atoms with Crippen molar-refractivity contribution in [3.8, 4) is 0 Å². The lowest BCUT2D eigenvalue weighted by atomic mass is 9.62. The van der Waals surface area contributed by atoms with Gasteiger partial charge in [0.2, 0.25) is 0 Å². The molecule has 1 aliphatic carbocycles. The summed E-state index contributed by atoms with van der Waals surface area (Å²) in [5, 5.41) is 16.5. The molecule has 0 bridgehead atoms. The molecule has 178 valence electrons. The minimum absolute atomic E-state index is 0.155. The van der Waals surface area contributed by atoms with E-state index in [0.717, 1.165) is 24.8 Å².